The molecule has 1 aromatic rings. The Kier molecular flexibility index (Phi) is 3.49. The summed E-state index contributed by atoms with van der Waals surface area (Å²) in [5.41, 5.74) is 6.97. The first-order chi connectivity index (χ1) is 8.20. The van der Waals surface area contributed by atoms with Crippen LogP contribution >= 0.6 is 0 Å². The Balaban J connectivity index is 2.05. The van der Waals surface area contributed by atoms with E-state index in [-0.39, 0.29) is 11.9 Å². The van der Waals surface area contributed by atoms with Gasteiger partial charge in [-0.05, 0) is 31.5 Å². The van der Waals surface area contributed by atoms with Crippen molar-refractivity contribution in [2.24, 2.45) is 0 Å². The molecule has 1 aliphatic rings. The first-order valence-electron chi connectivity index (χ1n) is 5.68. The van der Waals surface area contributed by atoms with E-state index >= 15 is 0 Å². The third kappa shape index (κ3) is 2.68. The minimum atomic E-state index is -0.0847. The van der Waals surface area contributed by atoms with Gasteiger partial charge in [0.15, 0.2) is 0 Å². The van der Waals surface area contributed by atoms with Gasteiger partial charge in [-0.2, -0.15) is 0 Å². The zero-order chi connectivity index (χ0) is 12.3. The van der Waals surface area contributed by atoms with Crippen LogP contribution in [-0.2, 0) is 4.79 Å². The van der Waals surface area contributed by atoms with Crippen molar-refractivity contribution in [1.82, 2.24) is 5.32 Å². The molecule has 92 valence electrons. The maximum Gasteiger partial charge on any atom is 0.241 e. The van der Waals surface area contributed by atoms with Gasteiger partial charge in [-0.3, -0.25) is 4.79 Å². The zero-order valence-corrected chi connectivity index (χ0v) is 9.82. The predicted octanol–water partition coefficient (Wildman–Crippen LogP) is 0.968. The molecular weight excluding hydrogens is 218 g/mol. The molecule has 2 rings (SSSR count). The number of amides is 1. The maximum absolute atomic E-state index is 11.9. The molecule has 5 nitrogen and oxygen atoms in total. The Hall–Kier alpha value is -1.75. The number of rotatable bonds is 3. The van der Waals surface area contributed by atoms with Gasteiger partial charge in [-0.1, -0.05) is 0 Å². The van der Waals surface area contributed by atoms with Crippen LogP contribution in [0.15, 0.2) is 18.2 Å². The molecule has 0 spiro atoms. The number of ether oxygens (including phenoxy) is 1. The third-order valence-corrected chi connectivity index (χ3v) is 2.88. The summed E-state index contributed by atoms with van der Waals surface area (Å²) < 4.78 is 5.10. The second-order valence-electron chi connectivity index (χ2n) is 4.09. The lowest BCUT2D eigenvalue weighted by molar-refractivity contribution is -0.117. The standard InChI is InChI=1S/C12H17N3O2/c1-17-11-7-8(4-5-9(11)13)15-12(16)10-3-2-6-14-10/h4-5,7,10,14H,2-3,6,13H2,1H3,(H,15,16)/t10-/m0/s1. The van der Waals surface area contributed by atoms with Crippen molar-refractivity contribution in [2.45, 2.75) is 18.9 Å². The normalized spacial score (nSPS) is 19.0. The SMILES string of the molecule is COc1cc(NC(=O)[C@@H]2CCCN2)ccc1N. The van der Waals surface area contributed by atoms with Crippen molar-refractivity contribution in [3.05, 3.63) is 18.2 Å². The smallest absolute Gasteiger partial charge is 0.241 e. The lowest BCUT2D eigenvalue weighted by Gasteiger charge is -2.12. The summed E-state index contributed by atoms with van der Waals surface area (Å²) >= 11 is 0. The molecule has 0 aliphatic carbocycles. The van der Waals surface area contributed by atoms with E-state index in [1.165, 1.54) is 0 Å². The molecule has 1 atom stereocenters. The quantitative estimate of drug-likeness (QED) is 0.682. The fourth-order valence-corrected chi connectivity index (χ4v) is 1.93. The molecule has 0 aromatic heterocycles. The number of hydrogen-bond acceptors (Lipinski definition) is 4. The van der Waals surface area contributed by atoms with Crippen LogP contribution in [-0.4, -0.2) is 25.6 Å². The van der Waals surface area contributed by atoms with Crippen LogP contribution in [0.25, 0.3) is 0 Å². The van der Waals surface area contributed by atoms with E-state index in [9.17, 15) is 4.79 Å². The molecule has 4 N–H and O–H groups in total. The van der Waals surface area contributed by atoms with Gasteiger partial charge in [-0.15, -0.1) is 0 Å². The number of anilines is 2. The summed E-state index contributed by atoms with van der Waals surface area (Å²) in [6.07, 6.45) is 1.93. The van der Waals surface area contributed by atoms with Gasteiger partial charge in [0.25, 0.3) is 0 Å². The van der Waals surface area contributed by atoms with Crippen LogP contribution in [0.4, 0.5) is 11.4 Å². The lowest BCUT2D eigenvalue weighted by Crippen LogP contribution is -2.35. The molecule has 0 saturated carbocycles. The number of hydrogen-bond donors (Lipinski definition) is 3. The van der Waals surface area contributed by atoms with Crippen molar-refractivity contribution in [3.8, 4) is 5.75 Å². The van der Waals surface area contributed by atoms with E-state index in [1.54, 1.807) is 25.3 Å². The molecule has 1 aromatic carbocycles. The second kappa shape index (κ2) is 5.05. The van der Waals surface area contributed by atoms with Gasteiger partial charge in [0.05, 0.1) is 18.8 Å². The largest absolute Gasteiger partial charge is 0.495 e. The van der Waals surface area contributed by atoms with Crippen molar-refractivity contribution in [1.29, 1.82) is 0 Å². The number of nitrogens with one attached hydrogen (secondary N) is 2. The summed E-state index contributed by atoms with van der Waals surface area (Å²) in [4.78, 5) is 11.9. The zero-order valence-electron chi connectivity index (χ0n) is 9.82. The monoisotopic (exact) mass is 235 g/mol. The van der Waals surface area contributed by atoms with Crippen LogP contribution in [0.2, 0.25) is 0 Å². The summed E-state index contributed by atoms with van der Waals surface area (Å²) in [7, 11) is 1.55. The van der Waals surface area contributed by atoms with E-state index in [1.807, 2.05) is 0 Å². The molecule has 1 aliphatic heterocycles. The fraction of sp³-hybridized carbons (Fsp3) is 0.417. The summed E-state index contributed by atoms with van der Waals surface area (Å²) in [5.74, 6) is 0.566. The molecule has 0 unspecified atom stereocenters. The maximum atomic E-state index is 11.9. The molecule has 1 fully saturated rings. The predicted molar refractivity (Wildman–Crippen MR) is 67.1 cm³/mol. The van der Waals surface area contributed by atoms with E-state index in [2.05, 4.69) is 10.6 Å². The molecule has 17 heavy (non-hydrogen) atoms. The van der Waals surface area contributed by atoms with Gasteiger partial charge in [-0.25, -0.2) is 0 Å². The summed E-state index contributed by atoms with van der Waals surface area (Å²) in [6, 6.07) is 5.13. The number of carbonyl (C=O) groups excluding carboxylic acids is 1. The third-order valence-electron chi connectivity index (χ3n) is 2.88. The van der Waals surface area contributed by atoms with Crippen molar-refractivity contribution >= 4 is 17.3 Å². The van der Waals surface area contributed by atoms with E-state index in [0.29, 0.717) is 17.1 Å². The summed E-state index contributed by atoms with van der Waals surface area (Å²) in [5, 5.41) is 6.00. The molecule has 0 radical (unpaired) electrons. The molecule has 5 heteroatoms. The number of nitrogens with two attached hydrogens (primary N) is 1. The first kappa shape index (κ1) is 11.7. The van der Waals surface area contributed by atoms with Crippen molar-refractivity contribution in [3.63, 3.8) is 0 Å². The van der Waals surface area contributed by atoms with Gasteiger partial charge in [0.2, 0.25) is 5.91 Å². The number of carbonyl (C=O) groups is 1. The molecule has 0 bridgehead atoms. The molecule has 1 heterocycles. The number of benzene rings is 1. The minimum Gasteiger partial charge on any atom is -0.495 e. The Morgan fingerprint density at radius 1 is 1.59 bits per heavy atom. The van der Waals surface area contributed by atoms with Crippen LogP contribution in [0, 0.1) is 0 Å². The Labute approximate surface area is 100 Å². The Bertz CT molecular complexity index is 414. The molecule has 1 amide bonds. The van der Waals surface area contributed by atoms with E-state index < -0.39 is 0 Å². The van der Waals surface area contributed by atoms with Crippen molar-refractivity contribution in [2.75, 3.05) is 24.7 Å². The molecular formula is C12H17N3O2. The lowest BCUT2D eigenvalue weighted by atomic mass is 10.2. The summed E-state index contributed by atoms with van der Waals surface area (Å²) in [6.45, 7) is 0.906. The highest BCUT2D eigenvalue weighted by atomic mass is 16.5. The van der Waals surface area contributed by atoms with Crippen molar-refractivity contribution < 1.29 is 9.53 Å². The highest BCUT2D eigenvalue weighted by Gasteiger charge is 2.21. The van der Waals surface area contributed by atoms with Gasteiger partial charge < -0.3 is 21.1 Å². The first-order valence-corrected chi connectivity index (χ1v) is 5.68. The number of nitrogen functional groups attached to an aromatic ring is 1. The Morgan fingerprint density at radius 2 is 2.41 bits per heavy atom. The van der Waals surface area contributed by atoms with Crippen LogP contribution < -0.4 is 21.1 Å². The van der Waals surface area contributed by atoms with Gasteiger partial charge in [0.1, 0.15) is 5.75 Å². The van der Waals surface area contributed by atoms with Crippen LogP contribution in [0.5, 0.6) is 5.75 Å². The van der Waals surface area contributed by atoms with Gasteiger partial charge in [0, 0.05) is 11.8 Å². The highest BCUT2D eigenvalue weighted by Crippen LogP contribution is 2.25. The molecule has 1 saturated heterocycles. The average Bonchev–Trinajstić information content (AvgIpc) is 2.85. The topological polar surface area (TPSA) is 76.4 Å². The van der Waals surface area contributed by atoms with Crippen LogP contribution in [0.1, 0.15) is 12.8 Å². The minimum absolute atomic E-state index is 0.00526. The van der Waals surface area contributed by atoms with E-state index in [4.69, 9.17) is 10.5 Å². The van der Waals surface area contributed by atoms with Crippen LogP contribution in [0.3, 0.4) is 0 Å². The second-order valence-corrected chi connectivity index (χ2v) is 4.09. The van der Waals surface area contributed by atoms with Gasteiger partial charge >= 0.3 is 0 Å². The fourth-order valence-electron chi connectivity index (χ4n) is 1.93. The highest BCUT2D eigenvalue weighted by molar-refractivity contribution is 5.95. The average molecular weight is 235 g/mol. The van der Waals surface area contributed by atoms with E-state index in [0.717, 1.165) is 19.4 Å². The number of methoxy groups -OCH3 is 1. The Morgan fingerprint density at radius 3 is 3.06 bits per heavy atom.